The molecule has 1 aliphatic heterocycles. The topological polar surface area (TPSA) is 88.1 Å². The van der Waals surface area contributed by atoms with Gasteiger partial charge in [0.1, 0.15) is 5.75 Å². The summed E-state index contributed by atoms with van der Waals surface area (Å²) in [6.07, 6.45) is 1.25. The number of nitrogens with zero attached hydrogens (tertiary/aromatic N) is 2. The van der Waals surface area contributed by atoms with E-state index in [1.165, 1.54) is 6.21 Å². The first kappa shape index (κ1) is 18.3. The van der Waals surface area contributed by atoms with Crippen LogP contribution in [0.1, 0.15) is 12.5 Å². The number of nitrogens with one attached hydrogen (secondary N) is 1. The third kappa shape index (κ3) is 4.03. The van der Waals surface area contributed by atoms with Crippen LogP contribution in [0.4, 0.5) is 16.2 Å². The normalized spacial score (nSPS) is 17.3. The number of hydrogen-bond acceptors (Lipinski definition) is 5. The molecule has 2 aromatic rings. The molecule has 1 saturated heterocycles. The first-order valence-corrected chi connectivity index (χ1v) is 8.52. The fraction of sp³-hybridized carbons (Fsp3) is 0.200. The van der Waals surface area contributed by atoms with Gasteiger partial charge < -0.3 is 4.74 Å². The molecule has 0 saturated carbocycles. The van der Waals surface area contributed by atoms with Gasteiger partial charge in [0, 0.05) is 6.21 Å². The molecule has 27 heavy (non-hydrogen) atoms. The zero-order valence-corrected chi connectivity index (χ0v) is 15.0. The molecule has 1 aliphatic rings. The van der Waals surface area contributed by atoms with Crippen LogP contribution in [0.3, 0.4) is 0 Å². The number of benzene rings is 2. The highest BCUT2D eigenvalue weighted by atomic mass is 16.5. The van der Waals surface area contributed by atoms with Crippen molar-refractivity contribution in [3.05, 3.63) is 54.1 Å². The number of aryl methyl sites for hydroxylation is 1. The molecular weight excluding hydrogens is 346 g/mol. The maximum atomic E-state index is 12.8. The van der Waals surface area contributed by atoms with Crippen molar-refractivity contribution < 1.29 is 19.1 Å². The lowest BCUT2D eigenvalue weighted by molar-refractivity contribution is -0.131. The summed E-state index contributed by atoms with van der Waals surface area (Å²) in [6.45, 7) is 4.30. The lowest BCUT2D eigenvalue weighted by Gasteiger charge is -2.28. The smallest absolute Gasteiger partial charge is 0.335 e. The molecule has 0 unspecified atom stereocenters. The average Bonchev–Trinajstić information content (AvgIpc) is 2.63. The molecule has 0 spiro atoms. The number of ether oxygens (including phenoxy) is 1. The van der Waals surface area contributed by atoms with Gasteiger partial charge >= 0.3 is 6.03 Å². The molecule has 138 valence electrons. The van der Waals surface area contributed by atoms with Crippen LogP contribution in [0.2, 0.25) is 0 Å². The second kappa shape index (κ2) is 7.82. The molecule has 4 amide bonds. The third-order valence-corrected chi connectivity index (χ3v) is 3.98. The molecule has 2 aromatic carbocycles. The monoisotopic (exact) mass is 365 g/mol. The Balaban J connectivity index is 1.82. The van der Waals surface area contributed by atoms with Gasteiger partial charge in [-0.2, -0.15) is 0 Å². The summed E-state index contributed by atoms with van der Waals surface area (Å²) in [6, 6.07) is 13.1. The zero-order chi connectivity index (χ0) is 19.4. The molecule has 1 heterocycles. The molecule has 1 fully saturated rings. The number of rotatable bonds is 5. The molecule has 0 radical (unpaired) electrons. The Morgan fingerprint density at radius 3 is 2.56 bits per heavy atom. The van der Waals surface area contributed by atoms with Gasteiger partial charge in [0.25, 0.3) is 5.91 Å². The van der Waals surface area contributed by atoms with E-state index in [-0.39, 0.29) is 0 Å². The van der Waals surface area contributed by atoms with Gasteiger partial charge in [-0.25, -0.2) is 9.69 Å². The summed E-state index contributed by atoms with van der Waals surface area (Å²) in [5.74, 6) is -1.80. The quantitative estimate of drug-likeness (QED) is 0.652. The molecule has 7 heteroatoms. The number of carbonyl (C=O) groups excluding carboxylic acids is 3. The molecular formula is C20H19N3O4. The Morgan fingerprint density at radius 2 is 1.89 bits per heavy atom. The van der Waals surface area contributed by atoms with E-state index in [0.717, 1.165) is 10.5 Å². The van der Waals surface area contributed by atoms with Gasteiger partial charge in [0.05, 0.1) is 18.0 Å². The first-order valence-electron chi connectivity index (χ1n) is 8.52. The largest absolute Gasteiger partial charge is 0.494 e. The van der Waals surface area contributed by atoms with Crippen LogP contribution in [0, 0.1) is 12.8 Å². The minimum absolute atomic E-state index is 0.407. The van der Waals surface area contributed by atoms with Gasteiger partial charge in [0.2, 0.25) is 5.91 Å². The Labute approximate surface area is 156 Å². The van der Waals surface area contributed by atoms with E-state index < -0.39 is 23.8 Å². The van der Waals surface area contributed by atoms with Crippen LogP contribution in [0.5, 0.6) is 5.75 Å². The van der Waals surface area contributed by atoms with Crippen LogP contribution in [-0.2, 0) is 9.59 Å². The van der Waals surface area contributed by atoms with E-state index >= 15 is 0 Å². The minimum Gasteiger partial charge on any atom is -0.494 e. The van der Waals surface area contributed by atoms with E-state index in [4.69, 9.17) is 4.74 Å². The summed E-state index contributed by atoms with van der Waals surface area (Å²) < 4.78 is 5.36. The van der Waals surface area contributed by atoms with Crippen molar-refractivity contribution in [2.75, 3.05) is 11.5 Å². The summed E-state index contributed by atoms with van der Waals surface area (Å²) >= 11 is 0. The van der Waals surface area contributed by atoms with Crippen molar-refractivity contribution in [1.82, 2.24) is 5.32 Å². The molecule has 0 aliphatic carbocycles. The Morgan fingerprint density at radius 1 is 1.15 bits per heavy atom. The molecule has 3 rings (SSSR count). The van der Waals surface area contributed by atoms with Crippen LogP contribution >= 0.6 is 0 Å². The number of imide groups is 2. The molecule has 0 bridgehead atoms. The summed E-state index contributed by atoms with van der Waals surface area (Å²) in [4.78, 5) is 42.2. The number of aliphatic imine (C=N–C) groups is 1. The Bertz CT molecular complexity index is 906. The summed E-state index contributed by atoms with van der Waals surface area (Å²) in [5, 5.41) is 2.21. The second-order valence-electron chi connectivity index (χ2n) is 5.99. The molecule has 1 atom stereocenters. The standard InChI is InChI=1S/C20H19N3O4/c1-3-27-16-9-7-14(8-10-16)21-12-17-18(24)22-20(26)23(19(17)25)15-6-4-5-13(2)11-15/h4-12,17H,3H2,1-2H3,(H,22,24,26)/t17-/m1/s1. The van der Waals surface area contributed by atoms with Crippen LogP contribution in [-0.4, -0.2) is 30.7 Å². The van der Waals surface area contributed by atoms with E-state index in [1.807, 2.05) is 19.9 Å². The average molecular weight is 365 g/mol. The van der Waals surface area contributed by atoms with Crippen molar-refractivity contribution in [3.63, 3.8) is 0 Å². The van der Waals surface area contributed by atoms with Gasteiger partial charge in [-0.1, -0.05) is 12.1 Å². The predicted molar refractivity (Wildman–Crippen MR) is 101 cm³/mol. The number of carbonyl (C=O) groups is 3. The number of amides is 4. The van der Waals surface area contributed by atoms with Crippen molar-refractivity contribution in [2.24, 2.45) is 10.9 Å². The number of barbiturate groups is 1. The summed E-state index contributed by atoms with van der Waals surface area (Å²) in [5.41, 5.74) is 1.87. The second-order valence-corrected chi connectivity index (χ2v) is 5.99. The highest BCUT2D eigenvalue weighted by Gasteiger charge is 2.40. The lowest BCUT2D eigenvalue weighted by Crippen LogP contribution is -2.58. The fourth-order valence-corrected chi connectivity index (χ4v) is 2.69. The predicted octanol–water partition coefficient (Wildman–Crippen LogP) is 3.00. The van der Waals surface area contributed by atoms with E-state index in [2.05, 4.69) is 10.3 Å². The van der Waals surface area contributed by atoms with Gasteiger partial charge in [-0.3, -0.25) is 19.9 Å². The van der Waals surface area contributed by atoms with Crippen LogP contribution in [0.25, 0.3) is 0 Å². The highest BCUT2D eigenvalue weighted by Crippen LogP contribution is 2.22. The third-order valence-electron chi connectivity index (χ3n) is 3.98. The SMILES string of the molecule is CCOc1ccc(N=C[C@@H]2C(=O)NC(=O)N(c3cccc(C)c3)C2=O)cc1. The number of urea groups is 1. The lowest BCUT2D eigenvalue weighted by atomic mass is 10.1. The Hall–Kier alpha value is -3.48. The number of hydrogen-bond donors (Lipinski definition) is 1. The van der Waals surface area contributed by atoms with Gasteiger partial charge in [-0.15, -0.1) is 0 Å². The molecule has 1 N–H and O–H groups in total. The fourth-order valence-electron chi connectivity index (χ4n) is 2.69. The first-order chi connectivity index (χ1) is 13.0. The van der Waals surface area contributed by atoms with Crippen LogP contribution in [0.15, 0.2) is 53.5 Å². The highest BCUT2D eigenvalue weighted by molar-refractivity contribution is 6.32. The molecule has 7 nitrogen and oxygen atoms in total. The maximum Gasteiger partial charge on any atom is 0.335 e. The number of anilines is 1. The van der Waals surface area contributed by atoms with Crippen LogP contribution < -0.4 is 15.0 Å². The summed E-state index contributed by atoms with van der Waals surface area (Å²) in [7, 11) is 0. The molecule has 0 aromatic heterocycles. The minimum atomic E-state index is -1.19. The van der Waals surface area contributed by atoms with Gasteiger partial charge in [0.15, 0.2) is 5.92 Å². The van der Waals surface area contributed by atoms with Crippen molar-refractivity contribution in [2.45, 2.75) is 13.8 Å². The van der Waals surface area contributed by atoms with Gasteiger partial charge in [-0.05, 0) is 55.8 Å². The zero-order valence-electron chi connectivity index (χ0n) is 15.0. The maximum absolute atomic E-state index is 12.8. The van der Waals surface area contributed by atoms with Crippen molar-refractivity contribution >= 4 is 35.4 Å². The van der Waals surface area contributed by atoms with Crippen molar-refractivity contribution in [3.8, 4) is 5.75 Å². The van der Waals surface area contributed by atoms with Crippen molar-refractivity contribution in [1.29, 1.82) is 0 Å². The van der Waals surface area contributed by atoms with E-state index in [0.29, 0.717) is 23.7 Å². The Kier molecular flexibility index (Phi) is 5.30. The van der Waals surface area contributed by atoms with E-state index in [1.54, 1.807) is 42.5 Å². The van der Waals surface area contributed by atoms with E-state index in [9.17, 15) is 14.4 Å².